The highest BCUT2D eigenvalue weighted by molar-refractivity contribution is 8.00. The molecule has 0 fully saturated rings. The van der Waals surface area contributed by atoms with E-state index >= 15 is 0 Å². The van der Waals surface area contributed by atoms with Gasteiger partial charge >= 0.3 is 0 Å². The van der Waals surface area contributed by atoms with Gasteiger partial charge in [-0.25, -0.2) is 4.98 Å². The average molecular weight is 309 g/mol. The lowest BCUT2D eigenvalue weighted by Crippen LogP contribution is -1.81. The zero-order valence-corrected chi connectivity index (χ0v) is 12.6. The summed E-state index contributed by atoms with van der Waals surface area (Å²) in [6, 6.07) is 6.01. The van der Waals surface area contributed by atoms with Gasteiger partial charge in [-0.05, 0) is 18.4 Å². The van der Waals surface area contributed by atoms with Crippen molar-refractivity contribution < 1.29 is 4.52 Å². The van der Waals surface area contributed by atoms with Crippen molar-refractivity contribution in [2.24, 2.45) is 0 Å². The number of thiazole rings is 1. The van der Waals surface area contributed by atoms with E-state index in [0.29, 0.717) is 5.13 Å². The monoisotopic (exact) mass is 309 g/mol. The zero-order chi connectivity index (χ0) is 13.2. The zero-order valence-electron chi connectivity index (χ0n) is 10.1. The molecule has 3 aromatic rings. The van der Waals surface area contributed by atoms with E-state index in [1.807, 2.05) is 30.5 Å². The van der Waals surface area contributed by atoms with Gasteiger partial charge in [-0.15, -0.1) is 23.1 Å². The fourth-order valence-corrected chi connectivity index (χ4v) is 4.17. The van der Waals surface area contributed by atoms with Crippen molar-refractivity contribution in [2.75, 3.05) is 5.73 Å². The summed E-state index contributed by atoms with van der Waals surface area (Å²) < 4.78 is 6.48. The first kappa shape index (κ1) is 12.7. The standard InChI is InChI=1S/C12H11N3OS3/c1-7-11(19-12(13)14-7)18-6-8-5-9(16-15-8)10-3-2-4-17-10/h2-5H,6H2,1H3,(H2,13,14). The van der Waals surface area contributed by atoms with E-state index in [4.69, 9.17) is 10.3 Å². The van der Waals surface area contributed by atoms with Gasteiger partial charge in [0.2, 0.25) is 0 Å². The minimum atomic E-state index is 0.611. The summed E-state index contributed by atoms with van der Waals surface area (Å²) in [7, 11) is 0. The molecule has 0 radical (unpaired) electrons. The highest BCUT2D eigenvalue weighted by atomic mass is 32.2. The molecule has 0 aliphatic rings. The fraction of sp³-hybridized carbons (Fsp3) is 0.167. The largest absolute Gasteiger partial charge is 0.375 e. The Balaban J connectivity index is 1.69. The van der Waals surface area contributed by atoms with Crippen molar-refractivity contribution >= 4 is 39.6 Å². The summed E-state index contributed by atoms with van der Waals surface area (Å²) in [5.41, 5.74) is 7.59. The van der Waals surface area contributed by atoms with E-state index in [9.17, 15) is 0 Å². The van der Waals surface area contributed by atoms with Crippen LogP contribution in [0.15, 0.2) is 32.3 Å². The van der Waals surface area contributed by atoms with Crippen molar-refractivity contribution in [3.8, 4) is 10.6 Å². The smallest absolute Gasteiger partial charge is 0.181 e. The topological polar surface area (TPSA) is 64.9 Å². The first-order valence-electron chi connectivity index (χ1n) is 5.57. The molecule has 0 aromatic carbocycles. The molecule has 3 heterocycles. The molecular weight excluding hydrogens is 298 g/mol. The molecule has 0 atom stereocenters. The van der Waals surface area contributed by atoms with E-state index in [2.05, 4.69) is 10.1 Å². The number of hydrogen-bond donors (Lipinski definition) is 1. The van der Waals surface area contributed by atoms with Gasteiger partial charge in [0, 0.05) is 11.8 Å². The number of anilines is 1. The number of hydrogen-bond acceptors (Lipinski definition) is 7. The van der Waals surface area contributed by atoms with Crippen molar-refractivity contribution in [2.45, 2.75) is 16.9 Å². The molecule has 0 saturated heterocycles. The molecule has 2 N–H and O–H groups in total. The van der Waals surface area contributed by atoms with E-state index in [-0.39, 0.29) is 0 Å². The fourth-order valence-electron chi connectivity index (χ4n) is 1.59. The van der Waals surface area contributed by atoms with E-state index in [1.165, 1.54) is 11.3 Å². The van der Waals surface area contributed by atoms with Crippen LogP contribution in [0.4, 0.5) is 5.13 Å². The van der Waals surface area contributed by atoms with Gasteiger partial charge in [0.1, 0.15) is 0 Å². The van der Waals surface area contributed by atoms with E-state index in [0.717, 1.165) is 32.0 Å². The van der Waals surface area contributed by atoms with Crippen LogP contribution in [-0.2, 0) is 5.75 Å². The van der Waals surface area contributed by atoms with Crippen LogP contribution in [0, 0.1) is 6.92 Å². The third-order valence-electron chi connectivity index (χ3n) is 2.44. The summed E-state index contributed by atoms with van der Waals surface area (Å²) in [5, 5.41) is 6.72. The number of thiophene rings is 1. The molecule has 0 spiro atoms. The highest BCUT2D eigenvalue weighted by Gasteiger charge is 2.10. The summed E-state index contributed by atoms with van der Waals surface area (Å²) in [4.78, 5) is 5.30. The second kappa shape index (κ2) is 5.36. The van der Waals surface area contributed by atoms with Crippen LogP contribution < -0.4 is 5.73 Å². The Morgan fingerprint density at radius 3 is 3.05 bits per heavy atom. The summed E-state index contributed by atoms with van der Waals surface area (Å²) in [5.74, 6) is 1.59. The van der Waals surface area contributed by atoms with Gasteiger partial charge < -0.3 is 10.3 Å². The number of thioether (sulfide) groups is 1. The minimum Gasteiger partial charge on any atom is -0.375 e. The van der Waals surface area contributed by atoms with Crippen LogP contribution >= 0.6 is 34.4 Å². The van der Waals surface area contributed by atoms with Crippen LogP contribution in [0.3, 0.4) is 0 Å². The molecule has 98 valence electrons. The number of aryl methyl sites for hydroxylation is 1. The second-order valence-corrected chi connectivity index (χ2v) is 7.10. The molecule has 3 rings (SSSR count). The van der Waals surface area contributed by atoms with Crippen LogP contribution in [0.5, 0.6) is 0 Å². The molecule has 0 saturated carbocycles. The van der Waals surface area contributed by atoms with Crippen molar-refractivity contribution in [3.05, 3.63) is 35.0 Å². The lowest BCUT2D eigenvalue weighted by molar-refractivity contribution is 0.427. The van der Waals surface area contributed by atoms with Crippen molar-refractivity contribution in [3.63, 3.8) is 0 Å². The molecule has 19 heavy (non-hydrogen) atoms. The number of nitrogens with two attached hydrogens (primary N) is 1. The minimum absolute atomic E-state index is 0.611. The van der Waals surface area contributed by atoms with Crippen molar-refractivity contribution in [1.29, 1.82) is 0 Å². The molecule has 3 aromatic heterocycles. The maximum Gasteiger partial charge on any atom is 0.181 e. The number of nitrogens with zero attached hydrogens (tertiary/aromatic N) is 2. The lowest BCUT2D eigenvalue weighted by atomic mass is 10.3. The van der Waals surface area contributed by atoms with Crippen LogP contribution in [0.2, 0.25) is 0 Å². The third kappa shape index (κ3) is 2.83. The van der Waals surface area contributed by atoms with E-state index < -0.39 is 0 Å². The number of rotatable bonds is 4. The summed E-state index contributed by atoms with van der Waals surface area (Å²) in [6.45, 7) is 1.97. The normalized spacial score (nSPS) is 11.0. The Bertz CT molecular complexity index is 672. The SMILES string of the molecule is Cc1nc(N)sc1SCc1cc(-c2cccs2)on1. The molecule has 0 aliphatic carbocycles. The predicted molar refractivity (Wildman–Crippen MR) is 80.6 cm³/mol. The summed E-state index contributed by atoms with van der Waals surface area (Å²) in [6.07, 6.45) is 0. The first-order chi connectivity index (χ1) is 9.22. The predicted octanol–water partition coefficient (Wildman–Crippen LogP) is 4.04. The quantitative estimate of drug-likeness (QED) is 0.737. The number of nitrogen functional groups attached to an aromatic ring is 1. The van der Waals surface area contributed by atoms with Gasteiger partial charge in [0.15, 0.2) is 10.9 Å². The van der Waals surface area contributed by atoms with Gasteiger partial charge in [-0.2, -0.15) is 0 Å². The molecular formula is C12H11N3OS3. The van der Waals surface area contributed by atoms with Gasteiger partial charge in [-0.1, -0.05) is 22.6 Å². The van der Waals surface area contributed by atoms with E-state index in [1.54, 1.807) is 23.1 Å². The third-order valence-corrected chi connectivity index (χ3v) is 5.71. The second-order valence-electron chi connectivity index (χ2n) is 3.87. The van der Waals surface area contributed by atoms with Crippen LogP contribution in [0.1, 0.15) is 11.4 Å². The summed E-state index contributed by atoms with van der Waals surface area (Å²) >= 11 is 4.84. The molecule has 4 nitrogen and oxygen atoms in total. The Kier molecular flexibility index (Phi) is 3.58. The molecule has 0 aliphatic heterocycles. The first-order valence-corrected chi connectivity index (χ1v) is 8.26. The highest BCUT2D eigenvalue weighted by Crippen LogP contribution is 2.33. The Labute approximate surface area is 122 Å². The van der Waals surface area contributed by atoms with Gasteiger partial charge in [-0.3, -0.25) is 0 Å². The molecule has 0 amide bonds. The van der Waals surface area contributed by atoms with Crippen LogP contribution in [0.25, 0.3) is 10.6 Å². The Hall–Kier alpha value is -1.31. The number of aromatic nitrogens is 2. The van der Waals surface area contributed by atoms with Gasteiger partial charge in [0.05, 0.1) is 20.5 Å². The maximum atomic E-state index is 5.68. The van der Waals surface area contributed by atoms with Gasteiger partial charge in [0.25, 0.3) is 0 Å². The Morgan fingerprint density at radius 2 is 2.37 bits per heavy atom. The maximum absolute atomic E-state index is 5.68. The molecule has 0 bridgehead atoms. The van der Waals surface area contributed by atoms with Crippen LogP contribution in [-0.4, -0.2) is 10.1 Å². The molecule has 0 unspecified atom stereocenters. The Morgan fingerprint density at radius 1 is 1.47 bits per heavy atom. The van der Waals surface area contributed by atoms with Crippen molar-refractivity contribution in [1.82, 2.24) is 10.1 Å². The average Bonchev–Trinajstić information content (AvgIpc) is 3.07. The molecule has 7 heteroatoms. The lowest BCUT2D eigenvalue weighted by Gasteiger charge is -1.94.